The first-order valence-electron chi connectivity index (χ1n) is 5.63. The van der Waals surface area contributed by atoms with Gasteiger partial charge in [-0.2, -0.15) is 5.26 Å². The molecular formula is C12H16N4. The number of hydrogen-bond acceptors (Lipinski definition) is 4. The van der Waals surface area contributed by atoms with Crippen LogP contribution in [0.4, 0.5) is 0 Å². The number of hydrogen-bond donors (Lipinski definition) is 0. The largest absolute Gasteiger partial charge is 0.293 e. The van der Waals surface area contributed by atoms with Crippen molar-refractivity contribution in [2.75, 3.05) is 6.54 Å². The van der Waals surface area contributed by atoms with Crippen LogP contribution in [0.5, 0.6) is 0 Å². The second kappa shape index (κ2) is 4.58. The van der Waals surface area contributed by atoms with Crippen LogP contribution >= 0.6 is 0 Å². The molecule has 4 nitrogen and oxygen atoms in total. The lowest BCUT2D eigenvalue weighted by Gasteiger charge is -2.31. The molecule has 1 aromatic heterocycles. The van der Waals surface area contributed by atoms with Crippen molar-refractivity contribution in [1.82, 2.24) is 14.9 Å². The summed E-state index contributed by atoms with van der Waals surface area (Å²) in [6.45, 7) is 5.87. The smallest absolute Gasteiger partial charge is 0.125 e. The molecule has 1 aromatic rings. The molecule has 1 atom stereocenters. The van der Waals surface area contributed by atoms with Crippen molar-refractivity contribution in [3.63, 3.8) is 0 Å². The van der Waals surface area contributed by atoms with Gasteiger partial charge in [-0.25, -0.2) is 9.97 Å². The normalized spacial score (nSPS) is 17.6. The van der Waals surface area contributed by atoms with Crippen LogP contribution in [0.15, 0.2) is 6.20 Å². The van der Waals surface area contributed by atoms with Gasteiger partial charge < -0.3 is 0 Å². The molecule has 2 rings (SSSR count). The molecule has 0 N–H and O–H groups in total. The van der Waals surface area contributed by atoms with Gasteiger partial charge in [-0.3, -0.25) is 4.90 Å². The minimum Gasteiger partial charge on any atom is -0.293 e. The molecule has 84 valence electrons. The van der Waals surface area contributed by atoms with E-state index in [0.717, 1.165) is 31.0 Å². The molecule has 4 heteroatoms. The Morgan fingerprint density at radius 1 is 1.62 bits per heavy atom. The second-order valence-electron chi connectivity index (χ2n) is 4.32. The van der Waals surface area contributed by atoms with Crippen molar-refractivity contribution in [3.05, 3.63) is 23.3 Å². The Morgan fingerprint density at radius 3 is 3.19 bits per heavy atom. The monoisotopic (exact) mass is 216 g/mol. The summed E-state index contributed by atoms with van der Waals surface area (Å²) in [5, 5.41) is 8.70. The highest BCUT2D eigenvalue weighted by Crippen LogP contribution is 2.19. The summed E-state index contributed by atoms with van der Waals surface area (Å²) in [5.74, 6) is 0.827. The lowest BCUT2D eigenvalue weighted by atomic mass is 10.0. The van der Waals surface area contributed by atoms with Crippen molar-refractivity contribution in [2.24, 2.45) is 0 Å². The first kappa shape index (κ1) is 11.0. The summed E-state index contributed by atoms with van der Waals surface area (Å²) >= 11 is 0. The van der Waals surface area contributed by atoms with Crippen molar-refractivity contribution in [3.8, 4) is 6.07 Å². The number of aromatic nitrogens is 2. The fourth-order valence-corrected chi connectivity index (χ4v) is 2.06. The molecule has 0 radical (unpaired) electrons. The second-order valence-corrected chi connectivity index (χ2v) is 4.32. The number of rotatable bonds is 2. The SMILES string of the molecule is Cc1ncc2c(n1)CN(C(C)CC#N)CC2. The topological polar surface area (TPSA) is 52.8 Å². The third kappa shape index (κ3) is 2.20. The Hall–Kier alpha value is -1.47. The minimum absolute atomic E-state index is 0.313. The van der Waals surface area contributed by atoms with Crippen LogP contribution in [0.25, 0.3) is 0 Å². The number of fused-ring (bicyclic) bond motifs is 1. The van der Waals surface area contributed by atoms with Crippen molar-refractivity contribution >= 4 is 0 Å². The van der Waals surface area contributed by atoms with Gasteiger partial charge in [0.05, 0.1) is 18.2 Å². The maximum Gasteiger partial charge on any atom is 0.125 e. The molecule has 0 fully saturated rings. The highest BCUT2D eigenvalue weighted by molar-refractivity contribution is 5.20. The van der Waals surface area contributed by atoms with Crippen LogP contribution in [0.2, 0.25) is 0 Å². The summed E-state index contributed by atoms with van der Waals surface area (Å²) in [7, 11) is 0. The minimum atomic E-state index is 0.313. The van der Waals surface area contributed by atoms with E-state index >= 15 is 0 Å². The number of aryl methyl sites for hydroxylation is 1. The fraction of sp³-hybridized carbons (Fsp3) is 0.583. The molecule has 1 aliphatic rings. The fourth-order valence-electron chi connectivity index (χ4n) is 2.06. The number of nitriles is 1. The predicted octanol–water partition coefficient (Wildman–Crippen LogP) is 1.45. The van der Waals surface area contributed by atoms with Crippen LogP contribution in [0.1, 0.15) is 30.4 Å². The van der Waals surface area contributed by atoms with Crippen LogP contribution < -0.4 is 0 Å². The van der Waals surface area contributed by atoms with Crippen molar-refractivity contribution in [2.45, 2.75) is 39.3 Å². The average Bonchev–Trinajstić information content (AvgIpc) is 2.28. The van der Waals surface area contributed by atoms with E-state index in [1.807, 2.05) is 13.1 Å². The van der Waals surface area contributed by atoms with Gasteiger partial charge in [0.15, 0.2) is 0 Å². The van der Waals surface area contributed by atoms with E-state index in [2.05, 4.69) is 27.9 Å². The highest BCUT2D eigenvalue weighted by atomic mass is 15.2. The van der Waals surface area contributed by atoms with Crippen LogP contribution in [-0.2, 0) is 13.0 Å². The van der Waals surface area contributed by atoms with Gasteiger partial charge in [-0.05, 0) is 25.8 Å². The molecule has 1 unspecified atom stereocenters. The van der Waals surface area contributed by atoms with E-state index in [-0.39, 0.29) is 0 Å². The van der Waals surface area contributed by atoms with Crippen LogP contribution in [0, 0.1) is 18.3 Å². The van der Waals surface area contributed by atoms with E-state index in [0.29, 0.717) is 12.5 Å². The van der Waals surface area contributed by atoms with Gasteiger partial charge in [-0.1, -0.05) is 0 Å². The van der Waals surface area contributed by atoms with E-state index in [1.165, 1.54) is 5.56 Å². The Labute approximate surface area is 95.9 Å². The molecule has 1 aliphatic heterocycles. The lowest BCUT2D eigenvalue weighted by Crippen LogP contribution is -2.38. The van der Waals surface area contributed by atoms with E-state index in [4.69, 9.17) is 5.26 Å². The average molecular weight is 216 g/mol. The Balaban J connectivity index is 2.14. The molecule has 0 aliphatic carbocycles. The van der Waals surface area contributed by atoms with Crippen molar-refractivity contribution in [1.29, 1.82) is 5.26 Å². The predicted molar refractivity (Wildman–Crippen MR) is 60.6 cm³/mol. The van der Waals surface area contributed by atoms with Crippen LogP contribution in [0.3, 0.4) is 0 Å². The van der Waals surface area contributed by atoms with E-state index in [9.17, 15) is 0 Å². The number of nitrogens with zero attached hydrogens (tertiary/aromatic N) is 4. The summed E-state index contributed by atoms with van der Waals surface area (Å²) in [6.07, 6.45) is 3.51. The van der Waals surface area contributed by atoms with Gasteiger partial charge in [0.2, 0.25) is 0 Å². The zero-order valence-electron chi connectivity index (χ0n) is 9.77. The van der Waals surface area contributed by atoms with Gasteiger partial charge in [0.1, 0.15) is 5.82 Å². The third-order valence-corrected chi connectivity index (χ3v) is 3.11. The molecular weight excluding hydrogens is 200 g/mol. The first-order valence-corrected chi connectivity index (χ1v) is 5.63. The lowest BCUT2D eigenvalue weighted by molar-refractivity contribution is 0.189. The Kier molecular flexibility index (Phi) is 3.16. The zero-order valence-corrected chi connectivity index (χ0v) is 9.77. The first-order chi connectivity index (χ1) is 7.70. The molecule has 0 saturated heterocycles. The third-order valence-electron chi connectivity index (χ3n) is 3.11. The van der Waals surface area contributed by atoms with Gasteiger partial charge in [-0.15, -0.1) is 0 Å². The maximum atomic E-state index is 8.70. The molecule has 0 spiro atoms. The van der Waals surface area contributed by atoms with Gasteiger partial charge in [0, 0.05) is 25.3 Å². The quantitative estimate of drug-likeness (QED) is 0.750. The molecule has 0 amide bonds. The molecule has 0 bridgehead atoms. The van der Waals surface area contributed by atoms with Crippen molar-refractivity contribution < 1.29 is 0 Å². The highest BCUT2D eigenvalue weighted by Gasteiger charge is 2.21. The summed E-state index contributed by atoms with van der Waals surface area (Å²) in [6, 6.07) is 2.54. The summed E-state index contributed by atoms with van der Waals surface area (Å²) < 4.78 is 0. The Bertz CT molecular complexity index is 422. The summed E-state index contributed by atoms with van der Waals surface area (Å²) in [5.41, 5.74) is 2.38. The maximum absolute atomic E-state index is 8.70. The standard InChI is InChI=1S/C12H16N4/c1-9(3-5-13)16-6-4-11-7-14-10(2)15-12(11)8-16/h7,9H,3-4,6,8H2,1-2H3. The molecule has 2 heterocycles. The summed E-state index contributed by atoms with van der Waals surface area (Å²) in [4.78, 5) is 11.0. The van der Waals surface area contributed by atoms with Gasteiger partial charge in [0.25, 0.3) is 0 Å². The van der Waals surface area contributed by atoms with E-state index in [1.54, 1.807) is 0 Å². The molecule has 0 saturated carbocycles. The Morgan fingerprint density at radius 2 is 2.44 bits per heavy atom. The molecule has 16 heavy (non-hydrogen) atoms. The van der Waals surface area contributed by atoms with E-state index < -0.39 is 0 Å². The van der Waals surface area contributed by atoms with Crippen LogP contribution in [-0.4, -0.2) is 27.5 Å². The molecule has 0 aromatic carbocycles. The van der Waals surface area contributed by atoms with Gasteiger partial charge >= 0.3 is 0 Å². The zero-order chi connectivity index (χ0) is 11.5.